The van der Waals surface area contributed by atoms with E-state index in [0.717, 1.165) is 54.5 Å². The summed E-state index contributed by atoms with van der Waals surface area (Å²) < 4.78 is 0. The van der Waals surface area contributed by atoms with Crippen LogP contribution in [0.5, 0.6) is 0 Å². The summed E-state index contributed by atoms with van der Waals surface area (Å²) in [7, 11) is 0. The maximum atomic E-state index is 9.26. The number of β-amino-alcohol motifs (C(OH)–C–C–N with tert-alkyl or cyclic N) is 1. The number of thiophene rings is 1. The second kappa shape index (κ2) is 8.47. The Kier molecular flexibility index (Phi) is 5.40. The van der Waals surface area contributed by atoms with Gasteiger partial charge in [0.2, 0.25) is 0 Å². The van der Waals surface area contributed by atoms with Crippen molar-refractivity contribution in [3.63, 3.8) is 0 Å². The Balaban J connectivity index is 1.62. The molecule has 4 heterocycles. The minimum absolute atomic E-state index is 0.199. The van der Waals surface area contributed by atoms with Crippen LogP contribution < -0.4 is 4.90 Å². The maximum Gasteiger partial charge on any atom is 0.181 e. The van der Waals surface area contributed by atoms with Gasteiger partial charge in [-0.05, 0) is 17.7 Å². The molecule has 6 nitrogen and oxygen atoms in total. The average molecular weight is 418 g/mol. The van der Waals surface area contributed by atoms with Crippen molar-refractivity contribution in [3.8, 4) is 22.6 Å². The molecule has 1 N–H and O–H groups in total. The summed E-state index contributed by atoms with van der Waals surface area (Å²) in [5.74, 6) is 1.64. The molecule has 1 aromatic carbocycles. The second-order valence-corrected chi connectivity index (χ2v) is 8.19. The van der Waals surface area contributed by atoms with Gasteiger partial charge in [-0.15, -0.1) is 11.3 Å². The fraction of sp³-hybridized carbons (Fsp3) is 0.261. The molecule has 1 fully saturated rings. The van der Waals surface area contributed by atoms with Gasteiger partial charge in [0.05, 0.1) is 12.0 Å². The Bertz CT molecular complexity index is 1120. The molecule has 0 bridgehead atoms. The smallest absolute Gasteiger partial charge is 0.181 e. The number of anilines is 1. The lowest BCUT2D eigenvalue weighted by Gasteiger charge is -2.35. The number of hydrogen-bond acceptors (Lipinski definition) is 7. The molecule has 0 saturated carbocycles. The van der Waals surface area contributed by atoms with Crippen molar-refractivity contribution in [2.24, 2.45) is 0 Å². The van der Waals surface area contributed by atoms with Gasteiger partial charge in [-0.1, -0.05) is 36.4 Å². The number of pyridine rings is 1. The summed E-state index contributed by atoms with van der Waals surface area (Å²) in [4.78, 5) is 20.0. The molecule has 7 heteroatoms. The molecule has 3 aromatic heterocycles. The zero-order valence-electron chi connectivity index (χ0n) is 16.6. The lowest BCUT2D eigenvalue weighted by molar-refractivity contribution is 0.188. The molecule has 5 rings (SSSR count). The quantitative estimate of drug-likeness (QED) is 0.536. The van der Waals surface area contributed by atoms with E-state index in [1.807, 2.05) is 24.3 Å². The Labute approximate surface area is 179 Å². The molecule has 1 aliphatic heterocycles. The first-order valence-corrected chi connectivity index (χ1v) is 11.1. The standard InChI is InChI=1S/C23H23N5OS/c29-15-14-27-10-12-28(13-11-27)22-20-18(17-6-2-1-3-7-17)16-30-23(20)26-21(25-22)19-8-4-5-9-24-19/h1-9,16,29H,10-15H2. The summed E-state index contributed by atoms with van der Waals surface area (Å²) in [6.07, 6.45) is 1.78. The highest BCUT2D eigenvalue weighted by Crippen LogP contribution is 2.39. The number of aliphatic hydroxyl groups excluding tert-OH is 1. The van der Waals surface area contributed by atoms with Gasteiger partial charge >= 0.3 is 0 Å². The van der Waals surface area contributed by atoms with Crippen molar-refractivity contribution in [3.05, 3.63) is 60.1 Å². The van der Waals surface area contributed by atoms with Gasteiger partial charge in [-0.3, -0.25) is 9.88 Å². The number of benzene rings is 1. The molecule has 0 unspecified atom stereocenters. The molecule has 0 spiro atoms. The fourth-order valence-electron chi connectivity index (χ4n) is 3.92. The van der Waals surface area contributed by atoms with Crippen LogP contribution in [-0.2, 0) is 0 Å². The average Bonchev–Trinajstić information content (AvgIpc) is 3.25. The van der Waals surface area contributed by atoms with E-state index in [0.29, 0.717) is 5.82 Å². The van der Waals surface area contributed by atoms with E-state index in [1.54, 1.807) is 17.5 Å². The molecule has 30 heavy (non-hydrogen) atoms. The fourth-order valence-corrected chi connectivity index (χ4v) is 4.86. The topological polar surface area (TPSA) is 65.4 Å². The van der Waals surface area contributed by atoms with Crippen molar-refractivity contribution in [2.75, 3.05) is 44.2 Å². The van der Waals surface area contributed by atoms with Gasteiger partial charge in [-0.25, -0.2) is 9.97 Å². The van der Waals surface area contributed by atoms with Gasteiger partial charge in [0.15, 0.2) is 5.82 Å². The van der Waals surface area contributed by atoms with Gasteiger partial charge in [0.1, 0.15) is 16.3 Å². The molecular formula is C23H23N5OS. The van der Waals surface area contributed by atoms with Gasteiger partial charge in [-0.2, -0.15) is 0 Å². The molecule has 0 radical (unpaired) electrons. The van der Waals surface area contributed by atoms with Crippen LogP contribution >= 0.6 is 11.3 Å². The van der Waals surface area contributed by atoms with Gasteiger partial charge in [0.25, 0.3) is 0 Å². The number of hydrogen-bond donors (Lipinski definition) is 1. The summed E-state index contributed by atoms with van der Waals surface area (Å²) in [6.45, 7) is 4.49. The number of aromatic nitrogens is 3. The lowest BCUT2D eigenvalue weighted by Crippen LogP contribution is -2.47. The van der Waals surface area contributed by atoms with Gasteiger partial charge in [0, 0.05) is 49.9 Å². The molecule has 1 saturated heterocycles. The van der Waals surface area contributed by atoms with E-state index >= 15 is 0 Å². The molecule has 152 valence electrons. The summed E-state index contributed by atoms with van der Waals surface area (Å²) in [5.41, 5.74) is 3.14. The number of piperazine rings is 1. The zero-order chi connectivity index (χ0) is 20.3. The number of nitrogens with zero attached hydrogens (tertiary/aromatic N) is 5. The second-order valence-electron chi connectivity index (χ2n) is 7.33. The lowest BCUT2D eigenvalue weighted by atomic mass is 10.1. The SMILES string of the molecule is OCCN1CCN(c2nc(-c3ccccn3)nc3scc(-c4ccccc4)c23)CC1. The molecule has 0 aliphatic carbocycles. The van der Waals surface area contributed by atoms with E-state index in [-0.39, 0.29) is 6.61 Å². The van der Waals surface area contributed by atoms with E-state index in [4.69, 9.17) is 9.97 Å². The van der Waals surface area contributed by atoms with Crippen LogP contribution in [0, 0.1) is 0 Å². The van der Waals surface area contributed by atoms with Crippen molar-refractivity contribution in [2.45, 2.75) is 0 Å². The maximum absolute atomic E-state index is 9.26. The monoisotopic (exact) mass is 417 g/mol. The minimum atomic E-state index is 0.199. The Morgan fingerprint density at radius 2 is 1.73 bits per heavy atom. The largest absolute Gasteiger partial charge is 0.395 e. The third-order valence-corrected chi connectivity index (χ3v) is 6.35. The first kappa shape index (κ1) is 19.1. The van der Waals surface area contributed by atoms with E-state index < -0.39 is 0 Å². The highest BCUT2D eigenvalue weighted by atomic mass is 32.1. The summed E-state index contributed by atoms with van der Waals surface area (Å²) in [5, 5.41) is 12.6. The van der Waals surface area contributed by atoms with Crippen LogP contribution in [0.15, 0.2) is 60.1 Å². The van der Waals surface area contributed by atoms with Crippen molar-refractivity contribution in [1.29, 1.82) is 0 Å². The predicted molar refractivity (Wildman–Crippen MR) is 122 cm³/mol. The Hall–Kier alpha value is -2.87. The van der Waals surface area contributed by atoms with E-state index in [9.17, 15) is 5.11 Å². The van der Waals surface area contributed by atoms with Crippen molar-refractivity contribution in [1.82, 2.24) is 19.9 Å². The van der Waals surface area contributed by atoms with Crippen molar-refractivity contribution >= 4 is 27.4 Å². The Morgan fingerprint density at radius 1 is 0.933 bits per heavy atom. The Morgan fingerprint density at radius 3 is 2.47 bits per heavy atom. The van der Waals surface area contributed by atoms with E-state index in [2.05, 4.69) is 44.4 Å². The third-order valence-electron chi connectivity index (χ3n) is 5.48. The van der Waals surface area contributed by atoms with Gasteiger partial charge < -0.3 is 10.0 Å². The first-order valence-electron chi connectivity index (χ1n) is 10.2. The molecule has 0 amide bonds. The highest BCUT2D eigenvalue weighted by molar-refractivity contribution is 7.17. The van der Waals surface area contributed by atoms with E-state index in [1.165, 1.54) is 11.1 Å². The van der Waals surface area contributed by atoms with Crippen LogP contribution in [0.25, 0.3) is 32.9 Å². The third kappa shape index (κ3) is 3.67. The first-order chi connectivity index (χ1) is 14.8. The minimum Gasteiger partial charge on any atom is -0.395 e. The molecule has 0 atom stereocenters. The number of aliphatic hydroxyl groups is 1. The molecule has 4 aromatic rings. The summed E-state index contributed by atoms with van der Waals surface area (Å²) >= 11 is 1.66. The van der Waals surface area contributed by atoms with Crippen LogP contribution in [0.2, 0.25) is 0 Å². The molecule has 1 aliphatic rings. The normalized spacial score (nSPS) is 15.0. The van der Waals surface area contributed by atoms with Crippen LogP contribution in [0.4, 0.5) is 5.82 Å². The summed E-state index contributed by atoms with van der Waals surface area (Å²) in [6, 6.07) is 16.3. The predicted octanol–water partition coefficient (Wildman–Crippen LogP) is 3.53. The van der Waals surface area contributed by atoms with Crippen LogP contribution in [0.3, 0.4) is 0 Å². The number of rotatable bonds is 5. The van der Waals surface area contributed by atoms with Crippen LogP contribution in [0.1, 0.15) is 0 Å². The molecular weight excluding hydrogens is 394 g/mol. The van der Waals surface area contributed by atoms with Crippen LogP contribution in [-0.4, -0.2) is 64.3 Å². The zero-order valence-corrected chi connectivity index (χ0v) is 17.4. The number of fused-ring (bicyclic) bond motifs is 1. The highest BCUT2D eigenvalue weighted by Gasteiger charge is 2.24. The van der Waals surface area contributed by atoms with Crippen molar-refractivity contribution < 1.29 is 5.11 Å².